The molecular formula is C13H21IN4O2S. The molecule has 1 fully saturated rings. The van der Waals surface area contributed by atoms with Gasteiger partial charge in [-0.3, -0.25) is 0 Å². The maximum atomic E-state index is 11.1. The second-order valence-corrected chi connectivity index (χ2v) is 6.63. The third-order valence-corrected chi connectivity index (χ3v) is 4.41. The molecule has 1 aromatic carbocycles. The van der Waals surface area contributed by atoms with Gasteiger partial charge >= 0.3 is 0 Å². The molecule has 0 saturated heterocycles. The lowest BCUT2D eigenvalue weighted by Gasteiger charge is -2.25. The number of rotatable bonds is 5. The number of nitrogens with two attached hydrogens (primary N) is 2. The standard InChI is InChI=1S/C13H20N4O2S.HI/c14-13(16-8-10-2-1-3-10)17-9-11-4-6-12(7-5-11)20(15,18)19;/h4-7,10H,1-3,8-9H2,(H3,14,16,17)(H2,15,18,19);1H. The summed E-state index contributed by atoms with van der Waals surface area (Å²) < 4.78 is 22.2. The van der Waals surface area contributed by atoms with Gasteiger partial charge in [-0.15, -0.1) is 24.0 Å². The third-order valence-electron chi connectivity index (χ3n) is 3.48. The van der Waals surface area contributed by atoms with Gasteiger partial charge in [-0.2, -0.15) is 0 Å². The van der Waals surface area contributed by atoms with Crippen LogP contribution in [0.1, 0.15) is 24.8 Å². The number of sulfonamides is 1. The van der Waals surface area contributed by atoms with E-state index in [0.717, 1.165) is 18.0 Å². The van der Waals surface area contributed by atoms with E-state index in [0.29, 0.717) is 12.5 Å². The topological polar surface area (TPSA) is 111 Å². The van der Waals surface area contributed by atoms with Crippen LogP contribution in [0.4, 0.5) is 0 Å². The zero-order valence-electron chi connectivity index (χ0n) is 11.7. The minimum absolute atomic E-state index is 0. The average molecular weight is 424 g/mol. The Morgan fingerprint density at radius 1 is 1.29 bits per heavy atom. The number of halogens is 1. The van der Waals surface area contributed by atoms with Crippen molar-refractivity contribution in [2.75, 3.05) is 6.54 Å². The number of hydrogen-bond donors (Lipinski definition) is 3. The molecule has 21 heavy (non-hydrogen) atoms. The third kappa shape index (κ3) is 5.79. The van der Waals surface area contributed by atoms with Gasteiger partial charge < -0.3 is 11.1 Å². The number of aliphatic imine (C=N–C) groups is 1. The fraction of sp³-hybridized carbons (Fsp3) is 0.462. The molecule has 1 saturated carbocycles. The molecule has 2 rings (SSSR count). The van der Waals surface area contributed by atoms with Crippen LogP contribution >= 0.6 is 24.0 Å². The van der Waals surface area contributed by atoms with Crippen molar-refractivity contribution in [3.05, 3.63) is 29.8 Å². The predicted molar refractivity (Wildman–Crippen MR) is 93.9 cm³/mol. The van der Waals surface area contributed by atoms with Crippen molar-refractivity contribution in [1.29, 1.82) is 0 Å². The first-order chi connectivity index (χ1) is 9.45. The summed E-state index contributed by atoms with van der Waals surface area (Å²) in [6.45, 7) is 1.29. The van der Waals surface area contributed by atoms with Crippen LogP contribution in [0.2, 0.25) is 0 Å². The summed E-state index contributed by atoms with van der Waals surface area (Å²) in [5, 5.41) is 8.13. The van der Waals surface area contributed by atoms with Gasteiger partial charge in [0.05, 0.1) is 11.4 Å². The Bertz CT molecular complexity index is 583. The molecule has 1 aliphatic carbocycles. The van der Waals surface area contributed by atoms with Crippen LogP contribution in [0.5, 0.6) is 0 Å². The fourth-order valence-electron chi connectivity index (χ4n) is 1.96. The Kier molecular flexibility index (Phi) is 6.88. The summed E-state index contributed by atoms with van der Waals surface area (Å²) in [5.41, 5.74) is 6.65. The molecule has 0 aromatic heterocycles. The van der Waals surface area contributed by atoms with Crippen LogP contribution in [-0.2, 0) is 16.6 Å². The van der Waals surface area contributed by atoms with Gasteiger partial charge in [0.1, 0.15) is 0 Å². The van der Waals surface area contributed by atoms with Crippen LogP contribution in [-0.4, -0.2) is 20.9 Å². The SMILES string of the molecule is I.NC(=NCc1ccc(S(N)(=O)=O)cc1)NCC1CCC1. The molecule has 5 N–H and O–H groups in total. The first-order valence-electron chi connectivity index (χ1n) is 6.60. The van der Waals surface area contributed by atoms with Crippen molar-refractivity contribution in [2.45, 2.75) is 30.7 Å². The van der Waals surface area contributed by atoms with Crippen LogP contribution < -0.4 is 16.2 Å². The van der Waals surface area contributed by atoms with E-state index in [1.54, 1.807) is 12.1 Å². The molecule has 8 heteroatoms. The van der Waals surface area contributed by atoms with Crippen LogP contribution in [0, 0.1) is 5.92 Å². The first kappa shape index (κ1) is 18.2. The van der Waals surface area contributed by atoms with E-state index < -0.39 is 10.0 Å². The zero-order chi connectivity index (χ0) is 14.6. The Labute approximate surface area is 142 Å². The molecule has 1 aliphatic rings. The highest BCUT2D eigenvalue weighted by atomic mass is 127. The number of nitrogens with one attached hydrogen (secondary N) is 1. The molecule has 0 atom stereocenters. The van der Waals surface area contributed by atoms with E-state index in [2.05, 4.69) is 10.3 Å². The summed E-state index contributed by atoms with van der Waals surface area (Å²) in [5.74, 6) is 1.14. The molecule has 0 amide bonds. The van der Waals surface area contributed by atoms with Gasteiger partial charge in [-0.05, 0) is 36.5 Å². The predicted octanol–water partition coefficient (Wildman–Crippen LogP) is 1.16. The normalized spacial score (nSPS) is 16.0. The number of nitrogens with zero attached hydrogens (tertiary/aromatic N) is 1. The minimum Gasteiger partial charge on any atom is -0.370 e. The highest BCUT2D eigenvalue weighted by molar-refractivity contribution is 14.0. The zero-order valence-corrected chi connectivity index (χ0v) is 14.8. The van der Waals surface area contributed by atoms with Gasteiger partial charge in [-0.1, -0.05) is 18.6 Å². The smallest absolute Gasteiger partial charge is 0.238 e. The number of hydrogen-bond acceptors (Lipinski definition) is 3. The van der Waals surface area contributed by atoms with E-state index >= 15 is 0 Å². The summed E-state index contributed by atoms with van der Waals surface area (Å²) in [7, 11) is -3.64. The van der Waals surface area contributed by atoms with Gasteiger partial charge in [-0.25, -0.2) is 18.5 Å². The quantitative estimate of drug-likeness (QED) is 0.374. The lowest BCUT2D eigenvalue weighted by Crippen LogP contribution is -2.37. The van der Waals surface area contributed by atoms with Crippen molar-refractivity contribution < 1.29 is 8.42 Å². The van der Waals surface area contributed by atoms with Crippen molar-refractivity contribution >= 4 is 40.0 Å². The van der Waals surface area contributed by atoms with Crippen LogP contribution in [0.3, 0.4) is 0 Å². The minimum atomic E-state index is -3.64. The van der Waals surface area contributed by atoms with Gasteiger partial charge in [0.15, 0.2) is 5.96 Å². The van der Waals surface area contributed by atoms with Crippen molar-refractivity contribution in [3.8, 4) is 0 Å². The van der Waals surface area contributed by atoms with E-state index in [9.17, 15) is 8.42 Å². The van der Waals surface area contributed by atoms with Crippen molar-refractivity contribution in [3.63, 3.8) is 0 Å². The molecule has 1 aromatic rings. The molecule has 0 radical (unpaired) electrons. The van der Waals surface area contributed by atoms with E-state index in [1.807, 2.05) is 0 Å². The monoisotopic (exact) mass is 424 g/mol. The van der Waals surface area contributed by atoms with Crippen LogP contribution in [0.15, 0.2) is 34.2 Å². The summed E-state index contributed by atoms with van der Waals surface area (Å²) >= 11 is 0. The summed E-state index contributed by atoms with van der Waals surface area (Å²) in [6.07, 6.45) is 3.82. The Morgan fingerprint density at radius 2 is 1.90 bits per heavy atom. The molecule has 118 valence electrons. The fourth-order valence-corrected chi connectivity index (χ4v) is 2.48. The van der Waals surface area contributed by atoms with Crippen LogP contribution in [0.25, 0.3) is 0 Å². The van der Waals surface area contributed by atoms with Gasteiger partial charge in [0, 0.05) is 6.54 Å². The van der Waals surface area contributed by atoms with Crippen molar-refractivity contribution in [1.82, 2.24) is 5.32 Å². The second kappa shape index (κ2) is 7.95. The molecule has 0 bridgehead atoms. The van der Waals surface area contributed by atoms with E-state index in [-0.39, 0.29) is 28.9 Å². The molecule has 0 unspecified atom stereocenters. The Hall–Kier alpha value is -0.870. The molecular weight excluding hydrogens is 403 g/mol. The highest BCUT2D eigenvalue weighted by Crippen LogP contribution is 2.24. The summed E-state index contributed by atoms with van der Waals surface area (Å²) in [4.78, 5) is 4.32. The lowest BCUT2D eigenvalue weighted by molar-refractivity contribution is 0.315. The number of benzene rings is 1. The van der Waals surface area contributed by atoms with Gasteiger partial charge in [0.2, 0.25) is 10.0 Å². The number of guanidine groups is 1. The molecule has 6 nitrogen and oxygen atoms in total. The van der Waals surface area contributed by atoms with Gasteiger partial charge in [0.25, 0.3) is 0 Å². The molecule has 0 heterocycles. The van der Waals surface area contributed by atoms with E-state index in [1.165, 1.54) is 31.4 Å². The lowest BCUT2D eigenvalue weighted by atomic mass is 9.85. The van der Waals surface area contributed by atoms with Crippen molar-refractivity contribution in [2.24, 2.45) is 21.8 Å². The molecule has 0 aliphatic heterocycles. The summed E-state index contributed by atoms with van der Waals surface area (Å²) in [6, 6.07) is 6.31. The largest absolute Gasteiger partial charge is 0.370 e. The van der Waals surface area contributed by atoms with E-state index in [4.69, 9.17) is 10.9 Å². The Balaban J connectivity index is 0.00000220. The maximum Gasteiger partial charge on any atom is 0.238 e. The average Bonchev–Trinajstić information content (AvgIpc) is 2.34. The molecule has 0 spiro atoms. The highest BCUT2D eigenvalue weighted by Gasteiger charge is 2.16. The number of primary sulfonamides is 1. The second-order valence-electron chi connectivity index (χ2n) is 5.07. The Morgan fingerprint density at radius 3 is 2.38 bits per heavy atom. The first-order valence-corrected chi connectivity index (χ1v) is 8.15. The maximum absolute atomic E-state index is 11.1.